The molecule has 23 heavy (non-hydrogen) atoms. The highest BCUT2D eigenvalue weighted by Crippen LogP contribution is 2.27. The highest BCUT2D eigenvalue weighted by Gasteiger charge is 2.27. The minimum atomic E-state index is 0.0281. The highest BCUT2D eigenvalue weighted by molar-refractivity contribution is 6.04. The minimum absolute atomic E-state index is 0.0281. The van der Waals surface area contributed by atoms with Crippen LogP contribution >= 0.6 is 0 Å². The van der Waals surface area contributed by atoms with Crippen LogP contribution in [0.4, 0.5) is 0 Å². The Balaban J connectivity index is 1.63. The SMILES string of the molecule is O=C(c1cccc2nccnc12)N1CCCC(c2ccn[nH]2)C1. The van der Waals surface area contributed by atoms with Crippen molar-refractivity contribution in [2.24, 2.45) is 0 Å². The quantitative estimate of drug-likeness (QED) is 0.788. The third-order valence-corrected chi connectivity index (χ3v) is 4.40. The summed E-state index contributed by atoms with van der Waals surface area (Å²) in [4.78, 5) is 23.5. The summed E-state index contributed by atoms with van der Waals surface area (Å²) >= 11 is 0. The maximum atomic E-state index is 13.0. The summed E-state index contributed by atoms with van der Waals surface area (Å²) < 4.78 is 0. The summed E-state index contributed by atoms with van der Waals surface area (Å²) in [7, 11) is 0. The number of fused-ring (bicyclic) bond motifs is 1. The van der Waals surface area contributed by atoms with Crippen molar-refractivity contribution >= 4 is 16.9 Å². The van der Waals surface area contributed by atoms with Gasteiger partial charge in [0.05, 0.1) is 11.1 Å². The molecule has 6 heteroatoms. The number of aromatic amines is 1. The number of H-pyrrole nitrogens is 1. The summed E-state index contributed by atoms with van der Waals surface area (Å²) in [5, 5.41) is 7.05. The molecule has 0 aliphatic carbocycles. The van der Waals surface area contributed by atoms with Crippen LogP contribution in [0.3, 0.4) is 0 Å². The largest absolute Gasteiger partial charge is 0.338 e. The van der Waals surface area contributed by atoms with Gasteiger partial charge in [-0.05, 0) is 31.0 Å². The van der Waals surface area contributed by atoms with Crippen LogP contribution in [0.1, 0.15) is 34.8 Å². The minimum Gasteiger partial charge on any atom is -0.338 e. The van der Waals surface area contributed by atoms with Crippen LogP contribution in [-0.2, 0) is 0 Å². The molecule has 3 heterocycles. The van der Waals surface area contributed by atoms with E-state index in [0.29, 0.717) is 23.5 Å². The molecule has 0 spiro atoms. The summed E-state index contributed by atoms with van der Waals surface area (Å²) in [5.41, 5.74) is 3.14. The Morgan fingerprint density at radius 2 is 2.09 bits per heavy atom. The number of carbonyl (C=O) groups is 1. The van der Waals surface area contributed by atoms with Gasteiger partial charge in [-0.2, -0.15) is 5.10 Å². The molecular weight excluding hydrogens is 290 g/mol. The molecule has 0 radical (unpaired) electrons. The second-order valence-electron chi connectivity index (χ2n) is 5.83. The molecule has 0 bridgehead atoms. The number of para-hydroxylation sites is 1. The molecule has 2 aromatic heterocycles. The number of aromatic nitrogens is 4. The van der Waals surface area contributed by atoms with Crippen molar-refractivity contribution in [2.45, 2.75) is 18.8 Å². The molecule has 1 atom stereocenters. The lowest BCUT2D eigenvalue weighted by Gasteiger charge is -2.32. The van der Waals surface area contributed by atoms with Gasteiger partial charge >= 0.3 is 0 Å². The summed E-state index contributed by atoms with van der Waals surface area (Å²) in [6, 6.07) is 7.56. The molecular formula is C17H17N5O. The van der Waals surface area contributed by atoms with E-state index >= 15 is 0 Å². The fourth-order valence-corrected chi connectivity index (χ4v) is 3.25. The lowest BCUT2D eigenvalue weighted by atomic mass is 9.94. The zero-order valence-electron chi connectivity index (χ0n) is 12.6. The lowest BCUT2D eigenvalue weighted by Crippen LogP contribution is -2.39. The monoisotopic (exact) mass is 307 g/mol. The average Bonchev–Trinajstić information content (AvgIpc) is 3.15. The number of piperidine rings is 1. The van der Waals surface area contributed by atoms with Crippen molar-refractivity contribution in [3.63, 3.8) is 0 Å². The molecule has 4 rings (SSSR count). The van der Waals surface area contributed by atoms with Crippen LogP contribution in [0, 0.1) is 0 Å². The number of carbonyl (C=O) groups excluding carboxylic acids is 1. The molecule has 1 N–H and O–H groups in total. The first-order chi connectivity index (χ1) is 11.3. The normalized spacial score (nSPS) is 18.3. The van der Waals surface area contributed by atoms with Gasteiger partial charge in [0, 0.05) is 43.3 Å². The molecule has 3 aromatic rings. The van der Waals surface area contributed by atoms with Crippen LogP contribution in [0.5, 0.6) is 0 Å². The number of hydrogen-bond acceptors (Lipinski definition) is 4. The summed E-state index contributed by atoms with van der Waals surface area (Å²) in [6.45, 7) is 1.48. The fraction of sp³-hybridized carbons (Fsp3) is 0.294. The Morgan fingerprint density at radius 3 is 2.96 bits per heavy atom. The highest BCUT2D eigenvalue weighted by atomic mass is 16.2. The molecule has 116 valence electrons. The molecule has 1 amide bonds. The van der Waals surface area contributed by atoms with Crippen molar-refractivity contribution in [1.82, 2.24) is 25.1 Å². The van der Waals surface area contributed by atoms with Crippen molar-refractivity contribution in [1.29, 1.82) is 0 Å². The lowest BCUT2D eigenvalue weighted by molar-refractivity contribution is 0.0707. The van der Waals surface area contributed by atoms with E-state index in [9.17, 15) is 4.79 Å². The molecule has 1 unspecified atom stereocenters. The van der Waals surface area contributed by atoms with E-state index in [2.05, 4.69) is 20.2 Å². The number of rotatable bonds is 2. The van der Waals surface area contributed by atoms with Gasteiger partial charge in [-0.25, -0.2) is 0 Å². The molecule has 1 fully saturated rings. The van der Waals surface area contributed by atoms with E-state index in [4.69, 9.17) is 0 Å². The number of benzene rings is 1. The molecule has 1 aliphatic rings. The molecule has 1 aliphatic heterocycles. The van der Waals surface area contributed by atoms with Crippen molar-refractivity contribution in [3.05, 3.63) is 54.1 Å². The Bertz CT molecular complexity index is 825. The predicted octanol–water partition coefficient (Wildman–Crippen LogP) is 2.37. The van der Waals surface area contributed by atoms with Crippen molar-refractivity contribution in [3.8, 4) is 0 Å². The van der Waals surface area contributed by atoms with Gasteiger partial charge in [0.2, 0.25) is 0 Å². The van der Waals surface area contributed by atoms with Crippen LogP contribution in [0.15, 0.2) is 42.9 Å². The topological polar surface area (TPSA) is 74.8 Å². The van der Waals surface area contributed by atoms with Gasteiger partial charge < -0.3 is 4.90 Å². The van der Waals surface area contributed by atoms with Crippen LogP contribution in [0.25, 0.3) is 11.0 Å². The third kappa shape index (κ3) is 2.56. The van der Waals surface area contributed by atoms with Gasteiger partial charge in [-0.1, -0.05) is 6.07 Å². The predicted molar refractivity (Wildman–Crippen MR) is 86.0 cm³/mol. The Hall–Kier alpha value is -2.76. The summed E-state index contributed by atoms with van der Waals surface area (Å²) in [6.07, 6.45) is 7.10. The maximum absolute atomic E-state index is 13.0. The second-order valence-corrected chi connectivity index (χ2v) is 5.83. The zero-order valence-corrected chi connectivity index (χ0v) is 12.6. The van der Waals surface area contributed by atoms with E-state index in [1.165, 1.54) is 0 Å². The summed E-state index contributed by atoms with van der Waals surface area (Å²) in [5.74, 6) is 0.344. The number of nitrogens with one attached hydrogen (secondary N) is 1. The van der Waals surface area contributed by atoms with E-state index in [1.807, 2.05) is 29.2 Å². The standard InChI is InChI=1S/C17H17N5O/c23-17(13-4-1-5-15-16(13)19-9-8-18-15)22-10-2-3-12(11-22)14-6-7-20-21-14/h1,4-9,12H,2-3,10-11H2,(H,20,21). The number of likely N-dealkylation sites (tertiary alicyclic amines) is 1. The molecule has 1 aromatic carbocycles. The first-order valence-electron chi connectivity index (χ1n) is 7.81. The van der Waals surface area contributed by atoms with E-state index in [0.717, 1.165) is 30.6 Å². The van der Waals surface area contributed by atoms with Crippen LogP contribution in [0.2, 0.25) is 0 Å². The van der Waals surface area contributed by atoms with Gasteiger partial charge in [-0.15, -0.1) is 0 Å². The average molecular weight is 307 g/mol. The van der Waals surface area contributed by atoms with Gasteiger partial charge in [-0.3, -0.25) is 19.9 Å². The number of amides is 1. The molecule has 0 saturated carbocycles. The maximum Gasteiger partial charge on any atom is 0.256 e. The van der Waals surface area contributed by atoms with E-state index in [-0.39, 0.29) is 5.91 Å². The van der Waals surface area contributed by atoms with E-state index in [1.54, 1.807) is 18.6 Å². The molecule has 6 nitrogen and oxygen atoms in total. The number of nitrogens with zero attached hydrogens (tertiary/aromatic N) is 4. The first kappa shape index (κ1) is 13.9. The molecule has 1 saturated heterocycles. The first-order valence-corrected chi connectivity index (χ1v) is 7.81. The van der Waals surface area contributed by atoms with Crippen molar-refractivity contribution < 1.29 is 4.79 Å². The fourth-order valence-electron chi connectivity index (χ4n) is 3.25. The van der Waals surface area contributed by atoms with E-state index < -0.39 is 0 Å². The van der Waals surface area contributed by atoms with Crippen molar-refractivity contribution in [2.75, 3.05) is 13.1 Å². The van der Waals surface area contributed by atoms with Gasteiger partial charge in [0.25, 0.3) is 5.91 Å². The Morgan fingerprint density at radius 1 is 1.17 bits per heavy atom. The van der Waals surface area contributed by atoms with Gasteiger partial charge in [0.15, 0.2) is 0 Å². The van der Waals surface area contributed by atoms with Gasteiger partial charge in [0.1, 0.15) is 5.52 Å². The smallest absolute Gasteiger partial charge is 0.256 e. The zero-order chi connectivity index (χ0) is 15.6. The number of hydrogen-bond donors (Lipinski definition) is 1. The Kier molecular flexibility index (Phi) is 3.49. The van der Waals surface area contributed by atoms with Crippen LogP contribution < -0.4 is 0 Å². The third-order valence-electron chi connectivity index (χ3n) is 4.40. The Labute approximate surface area is 133 Å². The van der Waals surface area contributed by atoms with Crippen LogP contribution in [-0.4, -0.2) is 44.1 Å². The second kappa shape index (κ2) is 5.79.